The molecule has 0 bridgehead atoms. The number of guanidine groups is 1. The zero-order valence-electron chi connectivity index (χ0n) is 11.1. The molecule has 5 nitrogen and oxygen atoms in total. The van der Waals surface area contributed by atoms with Gasteiger partial charge in [-0.1, -0.05) is 19.3 Å². The highest BCUT2D eigenvalue weighted by Gasteiger charge is 2.21. The van der Waals surface area contributed by atoms with Crippen molar-refractivity contribution in [2.24, 2.45) is 10.7 Å². The number of carbonyl (C=O) groups is 1. The number of amides is 1. The number of likely N-dealkylation sites (N-methyl/N-ethyl adjacent to an activating group) is 1. The Kier molecular flexibility index (Phi) is 5.25. The van der Waals surface area contributed by atoms with Crippen LogP contribution in [0.25, 0.3) is 0 Å². The Labute approximate surface area is 104 Å². The Balaban J connectivity index is 2.43. The fourth-order valence-corrected chi connectivity index (χ4v) is 2.07. The van der Waals surface area contributed by atoms with Crippen LogP contribution >= 0.6 is 0 Å². The van der Waals surface area contributed by atoms with Gasteiger partial charge in [0.1, 0.15) is 6.54 Å². The van der Waals surface area contributed by atoms with Crippen LogP contribution in [0.5, 0.6) is 0 Å². The molecule has 0 radical (unpaired) electrons. The van der Waals surface area contributed by atoms with Crippen molar-refractivity contribution in [3.63, 3.8) is 0 Å². The van der Waals surface area contributed by atoms with Gasteiger partial charge in [-0.05, 0) is 12.8 Å². The lowest BCUT2D eigenvalue weighted by Crippen LogP contribution is -2.40. The maximum absolute atomic E-state index is 11.9. The SMILES string of the molecule is CN(C)C(N)=NCC(=O)N(C)C1CCCCC1. The molecule has 5 heteroatoms. The molecular weight excluding hydrogens is 216 g/mol. The highest BCUT2D eigenvalue weighted by atomic mass is 16.2. The van der Waals surface area contributed by atoms with E-state index in [-0.39, 0.29) is 12.5 Å². The van der Waals surface area contributed by atoms with Crippen LogP contribution < -0.4 is 5.73 Å². The molecule has 0 aromatic heterocycles. The molecule has 0 unspecified atom stereocenters. The molecule has 2 N–H and O–H groups in total. The van der Waals surface area contributed by atoms with Gasteiger partial charge < -0.3 is 15.5 Å². The second-order valence-corrected chi connectivity index (χ2v) is 4.87. The van der Waals surface area contributed by atoms with Crippen molar-refractivity contribution < 1.29 is 4.79 Å². The molecule has 0 aromatic carbocycles. The van der Waals surface area contributed by atoms with E-state index in [1.807, 2.05) is 26.0 Å². The predicted octanol–water partition coefficient (Wildman–Crippen LogP) is 0.654. The van der Waals surface area contributed by atoms with Crippen molar-refractivity contribution in [1.82, 2.24) is 9.80 Å². The molecule has 1 amide bonds. The molecule has 0 atom stereocenters. The second-order valence-electron chi connectivity index (χ2n) is 4.87. The third kappa shape index (κ3) is 4.24. The van der Waals surface area contributed by atoms with Gasteiger partial charge in [0, 0.05) is 27.2 Å². The monoisotopic (exact) mass is 240 g/mol. The Morgan fingerprint density at radius 3 is 2.35 bits per heavy atom. The van der Waals surface area contributed by atoms with Crippen LogP contribution in [0.4, 0.5) is 0 Å². The normalized spacial score (nSPS) is 17.9. The van der Waals surface area contributed by atoms with Gasteiger partial charge >= 0.3 is 0 Å². The van der Waals surface area contributed by atoms with E-state index in [0.29, 0.717) is 12.0 Å². The quantitative estimate of drug-likeness (QED) is 0.582. The van der Waals surface area contributed by atoms with Gasteiger partial charge in [-0.3, -0.25) is 4.79 Å². The molecule has 0 aromatic rings. The number of nitrogens with zero attached hydrogens (tertiary/aromatic N) is 3. The van der Waals surface area contributed by atoms with Crippen molar-refractivity contribution in [3.05, 3.63) is 0 Å². The van der Waals surface area contributed by atoms with Gasteiger partial charge in [-0.25, -0.2) is 4.99 Å². The second kappa shape index (κ2) is 6.47. The van der Waals surface area contributed by atoms with Crippen molar-refractivity contribution >= 4 is 11.9 Å². The van der Waals surface area contributed by atoms with Crippen molar-refractivity contribution in [2.75, 3.05) is 27.7 Å². The molecular formula is C12H24N4O. The first kappa shape index (κ1) is 13.8. The number of hydrogen-bond donors (Lipinski definition) is 1. The minimum atomic E-state index is 0.0571. The summed E-state index contributed by atoms with van der Waals surface area (Å²) in [6.07, 6.45) is 5.99. The topological polar surface area (TPSA) is 61.9 Å². The Bertz CT molecular complexity index is 282. The van der Waals surface area contributed by atoms with Crippen LogP contribution in [0, 0.1) is 0 Å². The van der Waals surface area contributed by atoms with E-state index in [9.17, 15) is 4.79 Å². The van der Waals surface area contributed by atoms with Gasteiger partial charge in [-0.2, -0.15) is 0 Å². The average molecular weight is 240 g/mol. The summed E-state index contributed by atoms with van der Waals surface area (Å²) < 4.78 is 0. The largest absolute Gasteiger partial charge is 0.370 e. The van der Waals surface area contributed by atoms with Crippen LogP contribution in [0.15, 0.2) is 4.99 Å². The van der Waals surface area contributed by atoms with Crippen LogP contribution in [0.2, 0.25) is 0 Å². The lowest BCUT2D eigenvalue weighted by molar-refractivity contribution is -0.130. The minimum Gasteiger partial charge on any atom is -0.370 e. The van der Waals surface area contributed by atoms with Crippen molar-refractivity contribution in [3.8, 4) is 0 Å². The summed E-state index contributed by atoms with van der Waals surface area (Å²) in [5.74, 6) is 0.456. The number of nitrogens with two attached hydrogens (primary N) is 1. The molecule has 0 spiro atoms. The van der Waals surface area contributed by atoms with Gasteiger partial charge in [0.2, 0.25) is 5.91 Å². The van der Waals surface area contributed by atoms with Crippen LogP contribution in [0.1, 0.15) is 32.1 Å². The van der Waals surface area contributed by atoms with Gasteiger partial charge in [-0.15, -0.1) is 0 Å². The number of rotatable bonds is 3. The Morgan fingerprint density at radius 2 is 1.82 bits per heavy atom. The molecule has 0 saturated heterocycles. The van der Waals surface area contributed by atoms with E-state index in [1.54, 1.807) is 4.90 Å². The van der Waals surface area contributed by atoms with Gasteiger partial charge in [0.05, 0.1) is 0 Å². The van der Waals surface area contributed by atoms with Crippen LogP contribution in [-0.4, -0.2) is 55.4 Å². The Hall–Kier alpha value is -1.26. The highest BCUT2D eigenvalue weighted by Crippen LogP contribution is 2.21. The van der Waals surface area contributed by atoms with Gasteiger partial charge in [0.25, 0.3) is 0 Å². The Morgan fingerprint density at radius 1 is 1.24 bits per heavy atom. The zero-order valence-corrected chi connectivity index (χ0v) is 11.1. The average Bonchev–Trinajstić information content (AvgIpc) is 2.35. The van der Waals surface area contributed by atoms with E-state index >= 15 is 0 Å². The predicted molar refractivity (Wildman–Crippen MR) is 69.8 cm³/mol. The maximum atomic E-state index is 11.9. The third-order valence-corrected chi connectivity index (χ3v) is 3.35. The molecule has 0 heterocycles. The molecule has 17 heavy (non-hydrogen) atoms. The molecule has 1 fully saturated rings. The van der Waals surface area contributed by atoms with Crippen molar-refractivity contribution in [2.45, 2.75) is 38.1 Å². The van der Waals surface area contributed by atoms with Crippen LogP contribution in [0.3, 0.4) is 0 Å². The van der Waals surface area contributed by atoms with E-state index < -0.39 is 0 Å². The molecule has 98 valence electrons. The number of hydrogen-bond acceptors (Lipinski definition) is 2. The first-order valence-electron chi connectivity index (χ1n) is 6.25. The first-order chi connectivity index (χ1) is 8.02. The molecule has 1 aliphatic carbocycles. The first-order valence-corrected chi connectivity index (χ1v) is 6.25. The van der Waals surface area contributed by atoms with E-state index in [1.165, 1.54) is 19.3 Å². The fourth-order valence-electron chi connectivity index (χ4n) is 2.07. The smallest absolute Gasteiger partial charge is 0.244 e. The van der Waals surface area contributed by atoms with E-state index in [0.717, 1.165) is 12.8 Å². The summed E-state index contributed by atoms with van der Waals surface area (Å²) in [7, 11) is 5.50. The lowest BCUT2D eigenvalue weighted by atomic mass is 9.94. The zero-order chi connectivity index (χ0) is 12.8. The summed E-state index contributed by atoms with van der Waals surface area (Å²) in [5, 5.41) is 0. The fraction of sp³-hybridized carbons (Fsp3) is 0.833. The number of aliphatic imine (C=N–C) groups is 1. The summed E-state index contributed by atoms with van der Waals surface area (Å²) in [5.41, 5.74) is 5.65. The number of carbonyl (C=O) groups excluding carboxylic acids is 1. The molecule has 1 aliphatic rings. The summed E-state index contributed by atoms with van der Waals surface area (Å²) in [6.45, 7) is 0.150. The maximum Gasteiger partial charge on any atom is 0.244 e. The summed E-state index contributed by atoms with van der Waals surface area (Å²) in [4.78, 5) is 19.5. The highest BCUT2D eigenvalue weighted by molar-refractivity contribution is 5.83. The molecule has 1 saturated carbocycles. The molecule has 1 rings (SSSR count). The minimum absolute atomic E-state index is 0.0571. The van der Waals surface area contributed by atoms with Crippen LogP contribution in [-0.2, 0) is 4.79 Å². The summed E-state index contributed by atoms with van der Waals surface area (Å²) >= 11 is 0. The summed E-state index contributed by atoms with van der Waals surface area (Å²) in [6, 6.07) is 0.395. The molecule has 0 aliphatic heterocycles. The third-order valence-electron chi connectivity index (χ3n) is 3.35. The van der Waals surface area contributed by atoms with E-state index in [2.05, 4.69) is 4.99 Å². The van der Waals surface area contributed by atoms with Gasteiger partial charge in [0.15, 0.2) is 5.96 Å². The standard InChI is InChI=1S/C12H24N4O/c1-15(2)12(13)14-9-11(17)16(3)10-7-5-4-6-8-10/h10H,4-9H2,1-3H3,(H2,13,14). The van der Waals surface area contributed by atoms with E-state index in [4.69, 9.17) is 5.73 Å². The lowest BCUT2D eigenvalue weighted by Gasteiger charge is -2.30. The van der Waals surface area contributed by atoms with Crippen molar-refractivity contribution in [1.29, 1.82) is 0 Å².